The Hall–Kier alpha value is -2.69. The summed E-state index contributed by atoms with van der Waals surface area (Å²) >= 11 is 0. The van der Waals surface area contributed by atoms with Crippen molar-refractivity contribution in [1.29, 1.82) is 0 Å². The molecule has 0 bridgehead atoms. The highest BCUT2D eigenvalue weighted by Gasteiger charge is 2.08. The van der Waals surface area contributed by atoms with Gasteiger partial charge in [-0.05, 0) is 42.5 Å². The number of hydrogen-bond acceptors (Lipinski definition) is 2. The van der Waals surface area contributed by atoms with Crippen LogP contribution in [0.15, 0.2) is 42.5 Å². The quantitative estimate of drug-likeness (QED) is 0.772. The maximum absolute atomic E-state index is 12.8. The summed E-state index contributed by atoms with van der Waals surface area (Å²) in [5.41, 5.74) is 2.83. The molecule has 21 heavy (non-hydrogen) atoms. The van der Waals surface area contributed by atoms with E-state index in [-0.39, 0.29) is 11.7 Å². The second-order valence-corrected chi connectivity index (χ2v) is 4.73. The van der Waals surface area contributed by atoms with E-state index in [1.807, 2.05) is 19.1 Å². The van der Waals surface area contributed by atoms with Gasteiger partial charge in [0, 0.05) is 17.7 Å². The fraction of sp³-hybridized carbons (Fsp3) is 0.125. The van der Waals surface area contributed by atoms with Gasteiger partial charge in [-0.1, -0.05) is 6.92 Å². The van der Waals surface area contributed by atoms with Gasteiger partial charge in [0.25, 0.3) is 5.91 Å². The molecule has 2 N–H and O–H groups in total. The number of halogens is 1. The average molecular weight is 283 g/mol. The van der Waals surface area contributed by atoms with Crippen LogP contribution in [0.5, 0.6) is 0 Å². The molecule has 4 nitrogen and oxygen atoms in total. The molecule has 0 aliphatic carbocycles. The van der Waals surface area contributed by atoms with Crippen LogP contribution in [0.2, 0.25) is 0 Å². The minimum absolute atomic E-state index is 0.274. The molecule has 0 aliphatic heterocycles. The molecule has 106 valence electrons. The van der Waals surface area contributed by atoms with E-state index in [1.54, 1.807) is 6.07 Å². The van der Waals surface area contributed by atoms with Crippen molar-refractivity contribution in [3.05, 3.63) is 59.7 Å². The fourth-order valence-corrected chi connectivity index (χ4v) is 2.11. The van der Waals surface area contributed by atoms with E-state index >= 15 is 0 Å². The summed E-state index contributed by atoms with van der Waals surface area (Å²) in [6.45, 7) is 2.02. The maximum atomic E-state index is 12.8. The molecule has 0 saturated carbocycles. The monoisotopic (exact) mass is 283 g/mol. The summed E-state index contributed by atoms with van der Waals surface area (Å²) in [6.07, 6.45) is 0.825. The first-order valence-corrected chi connectivity index (χ1v) is 6.71. The Morgan fingerprint density at radius 2 is 2.00 bits per heavy atom. The number of aromatic nitrogens is 2. The highest BCUT2D eigenvalue weighted by atomic mass is 19.1. The zero-order valence-corrected chi connectivity index (χ0v) is 11.5. The third-order valence-corrected chi connectivity index (χ3v) is 3.23. The molecule has 5 heteroatoms. The Kier molecular flexibility index (Phi) is 3.39. The molecule has 1 heterocycles. The van der Waals surface area contributed by atoms with Gasteiger partial charge in [-0.2, -0.15) is 0 Å². The molecular weight excluding hydrogens is 269 g/mol. The van der Waals surface area contributed by atoms with Crippen LogP contribution in [0.25, 0.3) is 11.0 Å². The number of imidazole rings is 1. The molecule has 0 unspecified atom stereocenters. The van der Waals surface area contributed by atoms with Gasteiger partial charge in [0.05, 0.1) is 11.0 Å². The van der Waals surface area contributed by atoms with Crippen LogP contribution in [0.4, 0.5) is 10.1 Å². The number of hydrogen-bond donors (Lipinski definition) is 2. The number of nitrogens with zero attached hydrogens (tertiary/aromatic N) is 1. The summed E-state index contributed by atoms with van der Waals surface area (Å²) in [7, 11) is 0. The van der Waals surface area contributed by atoms with Crippen LogP contribution in [-0.4, -0.2) is 15.9 Å². The van der Waals surface area contributed by atoms with Crippen LogP contribution in [0.1, 0.15) is 23.1 Å². The predicted molar refractivity (Wildman–Crippen MR) is 79.8 cm³/mol. The fourth-order valence-electron chi connectivity index (χ4n) is 2.11. The predicted octanol–water partition coefficient (Wildman–Crippen LogP) is 3.52. The molecule has 3 aromatic rings. The summed E-state index contributed by atoms with van der Waals surface area (Å²) in [4.78, 5) is 19.7. The number of fused-ring (bicyclic) bond motifs is 1. The topological polar surface area (TPSA) is 57.8 Å². The number of carbonyl (C=O) groups is 1. The van der Waals surface area contributed by atoms with Crippen molar-refractivity contribution in [2.45, 2.75) is 13.3 Å². The lowest BCUT2D eigenvalue weighted by Crippen LogP contribution is -2.11. The van der Waals surface area contributed by atoms with Crippen molar-refractivity contribution in [3.8, 4) is 0 Å². The van der Waals surface area contributed by atoms with Gasteiger partial charge < -0.3 is 10.3 Å². The second-order valence-electron chi connectivity index (χ2n) is 4.73. The van der Waals surface area contributed by atoms with Crippen LogP contribution < -0.4 is 5.32 Å². The SMILES string of the molecule is CCc1nc2ccc(NC(=O)c3ccc(F)cc3)cc2[nH]1. The van der Waals surface area contributed by atoms with Gasteiger partial charge in [0.1, 0.15) is 11.6 Å². The first-order chi connectivity index (χ1) is 10.2. The lowest BCUT2D eigenvalue weighted by atomic mass is 10.2. The molecular formula is C16H14FN3O. The Balaban J connectivity index is 1.83. The molecule has 0 spiro atoms. The van der Waals surface area contributed by atoms with Crippen molar-refractivity contribution < 1.29 is 9.18 Å². The molecule has 1 amide bonds. The lowest BCUT2D eigenvalue weighted by molar-refractivity contribution is 0.102. The third kappa shape index (κ3) is 2.76. The van der Waals surface area contributed by atoms with Gasteiger partial charge in [-0.25, -0.2) is 9.37 Å². The summed E-state index contributed by atoms with van der Waals surface area (Å²) in [6, 6.07) is 10.9. The minimum atomic E-state index is -0.363. The molecule has 0 aliphatic rings. The van der Waals surface area contributed by atoms with E-state index < -0.39 is 0 Å². The van der Waals surface area contributed by atoms with Crippen molar-refractivity contribution in [3.63, 3.8) is 0 Å². The number of aromatic amines is 1. The van der Waals surface area contributed by atoms with Gasteiger partial charge in [0.2, 0.25) is 0 Å². The lowest BCUT2D eigenvalue weighted by Gasteiger charge is -2.05. The molecule has 0 radical (unpaired) electrons. The third-order valence-electron chi connectivity index (χ3n) is 3.23. The second kappa shape index (κ2) is 5.36. The number of benzene rings is 2. The van der Waals surface area contributed by atoms with Crippen LogP contribution in [0.3, 0.4) is 0 Å². The molecule has 1 aromatic heterocycles. The summed E-state index contributed by atoms with van der Waals surface area (Å²) < 4.78 is 12.8. The summed E-state index contributed by atoms with van der Waals surface area (Å²) in [5.74, 6) is 0.272. The molecule has 3 rings (SSSR count). The zero-order chi connectivity index (χ0) is 14.8. The van der Waals surface area contributed by atoms with Crippen molar-refractivity contribution in [1.82, 2.24) is 9.97 Å². The largest absolute Gasteiger partial charge is 0.342 e. The van der Waals surface area contributed by atoms with Crippen LogP contribution in [0, 0.1) is 5.82 Å². The van der Waals surface area contributed by atoms with E-state index in [2.05, 4.69) is 15.3 Å². The van der Waals surface area contributed by atoms with E-state index in [1.165, 1.54) is 24.3 Å². The zero-order valence-electron chi connectivity index (χ0n) is 11.5. The standard InChI is InChI=1S/C16H14FN3O/c1-2-15-19-13-8-7-12(9-14(13)20-15)18-16(21)10-3-5-11(17)6-4-10/h3-9H,2H2,1H3,(H,18,21)(H,19,20). The van der Waals surface area contributed by atoms with E-state index in [9.17, 15) is 9.18 Å². The summed E-state index contributed by atoms with van der Waals surface area (Å²) in [5, 5.41) is 2.79. The van der Waals surface area contributed by atoms with Crippen LogP contribution >= 0.6 is 0 Å². The van der Waals surface area contributed by atoms with Crippen molar-refractivity contribution >= 4 is 22.6 Å². The van der Waals surface area contributed by atoms with Gasteiger partial charge in [-0.15, -0.1) is 0 Å². The number of aryl methyl sites for hydroxylation is 1. The first kappa shape index (κ1) is 13.3. The number of H-pyrrole nitrogens is 1. The Labute approximate surface area is 121 Å². The highest BCUT2D eigenvalue weighted by molar-refractivity contribution is 6.04. The normalized spacial score (nSPS) is 10.8. The maximum Gasteiger partial charge on any atom is 0.255 e. The number of nitrogens with one attached hydrogen (secondary N) is 2. The van der Waals surface area contributed by atoms with Gasteiger partial charge in [-0.3, -0.25) is 4.79 Å². The highest BCUT2D eigenvalue weighted by Crippen LogP contribution is 2.18. The van der Waals surface area contributed by atoms with Crippen molar-refractivity contribution in [2.24, 2.45) is 0 Å². The Bertz CT molecular complexity index is 793. The molecule has 0 saturated heterocycles. The smallest absolute Gasteiger partial charge is 0.255 e. The van der Waals surface area contributed by atoms with E-state index in [4.69, 9.17) is 0 Å². The van der Waals surface area contributed by atoms with Crippen molar-refractivity contribution in [2.75, 3.05) is 5.32 Å². The molecule has 2 aromatic carbocycles. The van der Waals surface area contributed by atoms with Gasteiger partial charge in [0.15, 0.2) is 0 Å². The van der Waals surface area contributed by atoms with E-state index in [0.29, 0.717) is 11.3 Å². The average Bonchev–Trinajstić information content (AvgIpc) is 2.90. The first-order valence-electron chi connectivity index (χ1n) is 6.71. The van der Waals surface area contributed by atoms with Gasteiger partial charge >= 0.3 is 0 Å². The Morgan fingerprint density at radius 1 is 1.24 bits per heavy atom. The van der Waals surface area contributed by atoms with Crippen LogP contribution in [-0.2, 0) is 6.42 Å². The molecule has 0 atom stereocenters. The number of anilines is 1. The van der Waals surface area contributed by atoms with E-state index in [0.717, 1.165) is 23.3 Å². The number of amides is 1. The minimum Gasteiger partial charge on any atom is -0.342 e. The number of rotatable bonds is 3. The Morgan fingerprint density at radius 3 is 2.71 bits per heavy atom. The number of carbonyl (C=O) groups excluding carboxylic acids is 1. The molecule has 0 fully saturated rings.